The Labute approximate surface area is 53.8 Å². The maximum atomic E-state index is 10.4. The quantitative estimate of drug-likeness (QED) is 0.462. The molecule has 1 N–H and O–H groups in total. The number of amides is 3. The summed E-state index contributed by atoms with van der Waals surface area (Å²) in [5.74, 6) is -0.225. The zero-order chi connectivity index (χ0) is 6.15. The van der Waals surface area contributed by atoms with Gasteiger partial charge in [-0.15, -0.1) is 0 Å². The Bertz CT molecular complexity index is 144. The van der Waals surface area contributed by atoms with Crippen molar-refractivity contribution in [2.45, 2.75) is 7.43 Å². The third-order valence-corrected chi connectivity index (χ3v) is 0.974. The van der Waals surface area contributed by atoms with Gasteiger partial charge >= 0.3 is 6.03 Å². The average molecular weight is 130 g/mol. The molecule has 3 amide bonds. The number of urea groups is 1. The smallest absolute Gasteiger partial charge is 0.318 e. The van der Waals surface area contributed by atoms with Crippen LogP contribution in [0, 0.1) is 0 Å². The molecule has 0 aromatic carbocycles. The predicted molar refractivity (Wildman–Crippen MR) is 32.9 cm³/mol. The molecule has 9 heavy (non-hydrogen) atoms. The van der Waals surface area contributed by atoms with E-state index >= 15 is 0 Å². The van der Waals surface area contributed by atoms with Gasteiger partial charge in [-0.3, -0.25) is 10.1 Å². The van der Waals surface area contributed by atoms with Crippen molar-refractivity contribution in [2.75, 3.05) is 13.6 Å². The first-order chi connectivity index (χ1) is 3.70. The molecule has 52 valence electrons. The van der Waals surface area contributed by atoms with E-state index in [1.54, 1.807) is 7.05 Å². The van der Waals surface area contributed by atoms with Crippen LogP contribution in [0.5, 0.6) is 0 Å². The van der Waals surface area contributed by atoms with Crippen molar-refractivity contribution in [3.05, 3.63) is 0 Å². The highest BCUT2D eigenvalue weighted by molar-refractivity contribution is 6.01. The Kier molecular flexibility index (Phi) is 2.19. The zero-order valence-electron chi connectivity index (χ0n) is 4.47. The molecule has 1 aliphatic heterocycles. The first-order valence-electron chi connectivity index (χ1n) is 2.25. The van der Waals surface area contributed by atoms with Crippen molar-refractivity contribution >= 4 is 11.9 Å². The van der Waals surface area contributed by atoms with E-state index in [9.17, 15) is 9.59 Å². The molecule has 0 bridgehead atoms. The highest BCUT2D eigenvalue weighted by atomic mass is 16.2. The van der Waals surface area contributed by atoms with Crippen LogP contribution in [0.15, 0.2) is 0 Å². The van der Waals surface area contributed by atoms with Crippen molar-refractivity contribution in [1.29, 1.82) is 0 Å². The van der Waals surface area contributed by atoms with E-state index in [1.807, 2.05) is 0 Å². The molecule has 0 atom stereocenters. The lowest BCUT2D eigenvalue weighted by atomic mass is 10.6. The van der Waals surface area contributed by atoms with Crippen LogP contribution in [0.25, 0.3) is 0 Å². The van der Waals surface area contributed by atoms with E-state index < -0.39 is 0 Å². The first kappa shape index (κ1) is 7.94. The molecule has 4 nitrogen and oxygen atoms in total. The molecule has 0 radical (unpaired) electrons. The van der Waals surface area contributed by atoms with Gasteiger partial charge in [0.1, 0.15) is 6.54 Å². The molecule has 4 heteroatoms. The summed E-state index contributed by atoms with van der Waals surface area (Å²) in [4.78, 5) is 22.0. The molecular formula is C5H10N2O2. The van der Waals surface area contributed by atoms with Crippen molar-refractivity contribution in [1.82, 2.24) is 10.2 Å². The second-order valence-electron chi connectivity index (χ2n) is 1.71. The monoisotopic (exact) mass is 130 g/mol. The number of rotatable bonds is 0. The van der Waals surface area contributed by atoms with Crippen LogP contribution in [0.2, 0.25) is 0 Å². The minimum absolute atomic E-state index is 0. The SMILES string of the molecule is C.CN1CC(=O)NC1=O. The highest BCUT2D eigenvalue weighted by Gasteiger charge is 2.21. The predicted octanol–water partition coefficient (Wildman–Crippen LogP) is -0.196. The van der Waals surface area contributed by atoms with Gasteiger partial charge in [-0.2, -0.15) is 0 Å². The molecule has 0 spiro atoms. The summed E-state index contributed by atoms with van der Waals surface area (Å²) < 4.78 is 0. The average Bonchev–Trinajstić information content (AvgIpc) is 1.85. The lowest BCUT2D eigenvalue weighted by Gasteiger charge is -1.99. The van der Waals surface area contributed by atoms with Crippen LogP contribution < -0.4 is 5.32 Å². The summed E-state index contributed by atoms with van der Waals surface area (Å²) in [5, 5.41) is 2.11. The number of hydrogen-bond acceptors (Lipinski definition) is 2. The standard InChI is InChI=1S/C4H6N2O2.CH4/c1-6-2-3(7)5-4(6)8;/h2H2,1H3,(H,5,7,8);1H4. The van der Waals surface area contributed by atoms with Gasteiger partial charge in [-0.05, 0) is 0 Å². The van der Waals surface area contributed by atoms with Gasteiger partial charge in [0.2, 0.25) is 5.91 Å². The maximum Gasteiger partial charge on any atom is 0.324 e. The van der Waals surface area contributed by atoms with Crippen LogP contribution >= 0.6 is 0 Å². The van der Waals surface area contributed by atoms with E-state index in [2.05, 4.69) is 5.32 Å². The van der Waals surface area contributed by atoms with Crippen molar-refractivity contribution in [2.24, 2.45) is 0 Å². The number of carbonyl (C=O) groups is 2. The molecule has 1 saturated heterocycles. The fourth-order valence-electron chi connectivity index (χ4n) is 0.541. The van der Waals surface area contributed by atoms with Gasteiger partial charge in [0.05, 0.1) is 0 Å². The van der Waals surface area contributed by atoms with E-state index in [4.69, 9.17) is 0 Å². The summed E-state index contributed by atoms with van der Waals surface area (Å²) >= 11 is 0. The Morgan fingerprint density at radius 2 is 2.11 bits per heavy atom. The summed E-state index contributed by atoms with van der Waals surface area (Å²) in [6, 6.07) is -0.310. The van der Waals surface area contributed by atoms with Crippen molar-refractivity contribution in [3.8, 4) is 0 Å². The second-order valence-corrected chi connectivity index (χ2v) is 1.71. The number of carbonyl (C=O) groups excluding carboxylic acids is 2. The number of hydrogen-bond donors (Lipinski definition) is 1. The van der Waals surface area contributed by atoms with Crippen molar-refractivity contribution in [3.63, 3.8) is 0 Å². The number of nitrogens with zero attached hydrogens (tertiary/aromatic N) is 1. The normalized spacial score (nSPS) is 17.2. The third-order valence-electron chi connectivity index (χ3n) is 0.974. The number of nitrogens with one attached hydrogen (secondary N) is 1. The van der Waals surface area contributed by atoms with E-state index in [0.717, 1.165) is 0 Å². The van der Waals surface area contributed by atoms with Crippen LogP contribution in [-0.4, -0.2) is 30.4 Å². The molecule has 0 unspecified atom stereocenters. The Hall–Kier alpha value is -1.06. The lowest BCUT2D eigenvalue weighted by molar-refractivity contribution is -0.118. The molecule has 1 heterocycles. The molecule has 0 aliphatic carbocycles. The maximum absolute atomic E-state index is 10.4. The molecule has 0 aromatic rings. The lowest BCUT2D eigenvalue weighted by Crippen LogP contribution is -2.24. The second kappa shape index (κ2) is 2.48. The van der Waals surface area contributed by atoms with Crippen LogP contribution in [0.4, 0.5) is 4.79 Å². The number of likely N-dealkylation sites (N-methyl/N-ethyl adjacent to an activating group) is 1. The minimum atomic E-state index is -0.310. The van der Waals surface area contributed by atoms with Gasteiger partial charge in [0.25, 0.3) is 0 Å². The van der Waals surface area contributed by atoms with Crippen LogP contribution in [-0.2, 0) is 4.79 Å². The molecular weight excluding hydrogens is 120 g/mol. The zero-order valence-corrected chi connectivity index (χ0v) is 4.47. The highest BCUT2D eigenvalue weighted by Crippen LogP contribution is 1.90. The largest absolute Gasteiger partial charge is 0.324 e. The number of imide groups is 1. The van der Waals surface area contributed by atoms with Gasteiger partial charge in [-0.25, -0.2) is 4.79 Å². The van der Waals surface area contributed by atoms with Crippen molar-refractivity contribution < 1.29 is 9.59 Å². The summed E-state index contributed by atoms with van der Waals surface area (Å²) in [7, 11) is 1.57. The third kappa shape index (κ3) is 1.42. The molecule has 1 fully saturated rings. The van der Waals surface area contributed by atoms with Gasteiger partial charge in [0, 0.05) is 7.05 Å². The fraction of sp³-hybridized carbons (Fsp3) is 0.600. The van der Waals surface area contributed by atoms with Gasteiger partial charge < -0.3 is 4.90 Å². The Balaban J connectivity index is 0.000000640. The fourth-order valence-corrected chi connectivity index (χ4v) is 0.541. The Morgan fingerprint density at radius 3 is 2.22 bits per heavy atom. The summed E-state index contributed by atoms with van der Waals surface area (Å²) in [6.07, 6.45) is 0. The van der Waals surface area contributed by atoms with E-state index in [1.165, 1.54) is 4.90 Å². The van der Waals surface area contributed by atoms with E-state index in [0.29, 0.717) is 0 Å². The summed E-state index contributed by atoms with van der Waals surface area (Å²) in [5.41, 5.74) is 0. The molecule has 1 rings (SSSR count). The Morgan fingerprint density at radius 1 is 1.56 bits per heavy atom. The molecule has 0 aromatic heterocycles. The van der Waals surface area contributed by atoms with E-state index in [-0.39, 0.29) is 25.9 Å². The van der Waals surface area contributed by atoms with Crippen LogP contribution in [0.3, 0.4) is 0 Å². The first-order valence-corrected chi connectivity index (χ1v) is 2.25. The molecule has 0 saturated carbocycles. The summed E-state index contributed by atoms with van der Waals surface area (Å²) in [6.45, 7) is 0.193. The topological polar surface area (TPSA) is 49.4 Å². The molecule has 1 aliphatic rings. The van der Waals surface area contributed by atoms with Gasteiger partial charge in [-0.1, -0.05) is 7.43 Å². The van der Waals surface area contributed by atoms with Crippen LogP contribution in [0.1, 0.15) is 7.43 Å². The van der Waals surface area contributed by atoms with Gasteiger partial charge in [0.15, 0.2) is 0 Å². The minimum Gasteiger partial charge on any atom is -0.318 e.